The number of ketones is 1. The van der Waals surface area contributed by atoms with E-state index in [9.17, 15) is 9.90 Å². The summed E-state index contributed by atoms with van der Waals surface area (Å²) >= 11 is 0. The summed E-state index contributed by atoms with van der Waals surface area (Å²) in [5.74, 6) is 2.16. The third kappa shape index (κ3) is 3.12. The van der Waals surface area contributed by atoms with E-state index in [4.69, 9.17) is 0 Å². The lowest BCUT2D eigenvalue weighted by molar-refractivity contribution is -0.125. The van der Waals surface area contributed by atoms with E-state index in [1.807, 2.05) is 12.1 Å². The van der Waals surface area contributed by atoms with Gasteiger partial charge in [0.15, 0.2) is 0 Å². The average Bonchev–Trinajstić information content (AvgIpc) is 2.31. The molecule has 1 saturated carbocycles. The van der Waals surface area contributed by atoms with Gasteiger partial charge in [0.25, 0.3) is 0 Å². The molecule has 0 aromatic heterocycles. The van der Waals surface area contributed by atoms with Crippen molar-refractivity contribution in [1.82, 2.24) is 0 Å². The molecule has 2 rings (SSSR count). The summed E-state index contributed by atoms with van der Waals surface area (Å²) < 4.78 is 0. The summed E-state index contributed by atoms with van der Waals surface area (Å²) in [6.07, 6.45) is 3.56. The molecule has 2 nitrogen and oxygen atoms in total. The Morgan fingerprint density at radius 3 is 2.83 bits per heavy atom. The lowest BCUT2D eigenvalue weighted by atomic mass is 9.73. The van der Waals surface area contributed by atoms with Crippen molar-refractivity contribution in [3.8, 4) is 5.75 Å². The molecule has 0 aliphatic heterocycles. The highest BCUT2D eigenvalue weighted by Crippen LogP contribution is 2.33. The molecule has 1 aliphatic carbocycles. The normalized spacial score (nSPS) is 24.5. The molecule has 0 saturated heterocycles. The molecule has 0 radical (unpaired) electrons. The summed E-state index contributed by atoms with van der Waals surface area (Å²) in [4.78, 5) is 12.0. The number of hydrogen-bond acceptors (Lipinski definition) is 2. The van der Waals surface area contributed by atoms with Crippen molar-refractivity contribution >= 4 is 5.78 Å². The highest BCUT2D eigenvalue weighted by atomic mass is 16.3. The van der Waals surface area contributed by atoms with Crippen molar-refractivity contribution in [2.45, 2.75) is 39.5 Å². The number of phenols is 1. The zero-order valence-electron chi connectivity index (χ0n) is 11.2. The number of benzene rings is 1. The largest absolute Gasteiger partial charge is 0.508 e. The number of hydrogen-bond donors (Lipinski definition) is 1. The highest BCUT2D eigenvalue weighted by Gasteiger charge is 2.30. The van der Waals surface area contributed by atoms with Crippen LogP contribution in [0.3, 0.4) is 0 Å². The van der Waals surface area contributed by atoms with Gasteiger partial charge in [0.05, 0.1) is 0 Å². The third-order valence-electron chi connectivity index (χ3n) is 4.14. The van der Waals surface area contributed by atoms with E-state index in [1.165, 1.54) is 0 Å². The average molecular weight is 246 g/mol. The van der Waals surface area contributed by atoms with Crippen molar-refractivity contribution < 1.29 is 9.90 Å². The molecule has 1 aromatic rings. The molecule has 2 unspecified atom stereocenters. The van der Waals surface area contributed by atoms with Crippen LogP contribution in [0.2, 0.25) is 0 Å². The van der Waals surface area contributed by atoms with E-state index < -0.39 is 0 Å². The topological polar surface area (TPSA) is 37.3 Å². The SMILES string of the molecule is CC(C)C1CCC(=O)C(Cc2cccc(O)c2)C1. The summed E-state index contributed by atoms with van der Waals surface area (Å²) in [6, 6.07) is 7.28. The molecule has 0 bridgehead atoms. The van der Waals surface area contributed by atoms with Crippen LogP contribution in [0.5, 0.6) is 5.75 Å². The van der Waals surface area contributed by atoms with Gasteiger partial charge in [-0.15, -0.1) is 0 Å². The monoisotopic (exact) mass is 246 g/mol. The van der Waals surface area contributed by atoms with Gasteiger partial charge >= 0.3 is 0 Å². The molecular formula is C16H22O2. The van der Waals surface area contributed by atoms with Gasteiger partial charge in [-0.05, 0) is 48.8 Å². The molecular weight excluding hydrogens is 224 g/mol. The number of rotatable bonds is 3. The van der Waals surface area contributed by atoms with E-state index in [2.05, 4.69) is 13.8 Å². The van der Waals surface area contributed by atoms with E-state index in [0.29, 0.717) is 17.6 Å². The van der Waals surface area contributed by atoms with Crippen molar-refractivity contribution in [1.29, 1.82) is 0 Å². The van der Waals surface area contributed by atoms with Crippen LogP contribution >= 0.6 is 0 Å². The molecule has 1 N–H and O–H groups in total. The first kappa shape index (κ1) is 13.1. The zero-order valence-corrected chi connectivity index (χ0v) is 11.2. The quantitative estimate of drug-likeness (QED) is 0.885. The van der Waals surface area contributed by atoms with Crippen molar-refractivity contribution in [3.63, 3.8) is 0 Å². The minimum absolute atomic E-state index is 0.146. The van der Waals surface area contributed by atoms with Crippen LogP contribution in [0.15, 0.2) is 24.3 Å². The van der Waals surface area contributed by atoms with Crippen LogP contribution in [0, 0.1) is 17.8 Å². The molecule has 0 spiro atoms. The first-order chi connectivity index (χ1) is 8.56. The summed E-state index contributed by atoms with van der Waals surface area (Å²) in [5, 5.41) is 9.46. The van der Waals surface area contributed by atoms with Crippen LogP contribution in [-0.2, 0) is 11.2 Å². The Kier molecular flexibility index (Phi) is 4.05. The predicted octanol–water partition coefficient (Wildman–Crippen LogP) is 3.58. The van der Waals surface area contributed by atoms with Crippen LogP contribution in [0.1, 0.15) is 38.7 Å². The van der Waals surface area contributed by atoms with E-state index in [-0.39, 0.29) is 11.7 Å². The molecule has 1 fully saturated rings. The zero-order chi connectivity index (χ0) is 13.1. The van der Waals surface area contributed by atoms with Crippen molar-refractivity contribution in [2.24, 2.45) is 17.8 Å². The Morgan fingerprint density at radius 1 is 1.39 bits per heavy atom. The summed E-state index contributed by atoms with van der Waals surface area (Å²) in [5.41, 5.74) is 1.07. The van der Waals surface area contributed by atoms with Gasteiger partial charge in [-0.2, -0.15) is 0 Å². The Bertz CT molecular complexity index is 423. The van der Waals surface area contributed by atoms with Crippen LogP contribution in [0.4, 0.5) is 0 Å². The Balaban J connectivity index is 2.05. The van der Waals surface area contributed by atoms with Gasteiger partial charge in [0.2, 0.25) is 0 Å². The molecule has 18 heavy (non-hydrogen) atoms. The lowest BCUT2D eigenvalue weighted by Crippen LogP contribution is -2.28. The number of Topliss-reactive ketones (excluding diaryl/α,β-unsaturated/α-hetero) is 1. The van der Waals surface area contributed by atoms with E-state index in [1.54, 1.807) is 12.1 Å². The molecule has 0 amide bonds. The van der Waals surface area contributed by atoms with Gasteiger partial charge in [-0.1, -0.05) is 26.0 Å². The second-order valence-corrected chi connectivity index (χ2v) is 5.82. The molecule has 2 atom stereocenters. The second-order valence-electron chi connectivity index (χ2n) is 5.82. The number of aromatic hydroxyl groups is 1. The number of phenolic OH excluding ortho intramolecular Hbond substituents is 1. The van der Waals surface area contributed by atoms with Gasteiger partial charge < -0.3 is 5.11 Å². The van der Waals surface area contributed by atoms with Gasteiger partial charge in [-0.25, -0.2) is 0 Å². The summed E-state index contributed by atoms with van der Waals surface area (Å²) in [6.45, 7) is 4.48. The van der Waals surface area contributed by atoms with Gasteiger partial charge in [0.1, 0.15) is 11.5 Å². The molecule has 1 aromatic carbocycles. The van der Waals surface area contributed by atoms with E-state index >= 15 is 0 Å². The number of carbonyl (C=O) groups is 1. The van der Waals surface area contributed by atoms with Crippen LogP contribution in [0.25, 0.3) is 0 Å². The Labute approximate surface area is 109 Å². The van der Waals surface area contributed by atoms with Crippen molar-refractivity contribution in [2.75, 3.05) is 0 Å². The second kappa shape index (κ2) is 5.55. The fourth-order valence-electron chi connectivity index (χ4n) is 2.92. The molecule has 0 heterocycles. The highest BCUT2D eigenvalue weighted by molar-refractivity contribution is 5.82. The van der Waals surface area contributed by atoms with Gasteiger partial charge in [0, 0.05) is 12.3 Å². The predicted molar refractivity (Wildman–Crippen MR) is 72.5 cm³/mol. The maximum absolute atomic E-state index is 12.0. The fourth-order valence-corrected chi connectivity index (χ4v) is 2.92. The first-order valence-corrected chi connectivity index (χ1v) is 6.87. The minimum Gasteiger partial charge on any atom is -0.508 e. The smallest absolute Gasteiger partial charge is 0.136 e. The van der Waals surface area contributed by atoms with E-state index in [0.717, 1.165) is 31.2 Å². The van der Waals surface area contributed by atoms with Gasteiger partial charge in [-0.3, -0.25) is 4.79 Å². The molecule has 1 aliphatic rings. The Morgan fingerprint density at radius 2 is 2.17 bits per heavy atom. The lowest BCUT2D eigenvalue weighted by Gasteiger charge is -2.30. The first-order valence-electron chi connectivity index (χ1n) is 6.87. The van der Waals surface area contributed by atoms with Crippen LogP contribution < -0.4 is 0 Å². The van der Waals surface area contributed by atoms with Crippen molar-refractivity contribution in [3.05, 3.63) is 29.8 Å². The standard InChI is InChI=1S/C16H22O2/c1-11(2)13-6-7-16(18)14(10-13)8-12-4-3-5-15(17)9-12/h3-5,9,11,13-14,17H,6-8,10H2,1-2H3. The Hall–Kier alpha value is -1.31. The molecule has 98 valence electrons. The maximum Gasteiger partial charge on any atom is 0.136 e. The van der Waals surface area contributed by atoms with Crippen LogP contribution in [-0.4, -0.2) is 10.9 Å². The fraction of sp³-hybridized carbons (Fsp3) is 0.562. The number of carbonyl (C=O) groups excluding carboxylic acids is 1. The third-order valence-corrected chi connectivity index (χ3v) is 4.14. The summed E-state index contributed by atoms with van der Waals surface area (Å²) in [7, 11) is 0. The minimum atomic E-state index is 0.146. The molecule has 2 heteroatoms. The maximum atomic E-state index is 12.0.